The van der Waals surface area contributed by atoms with Crippen LogP contribution in [0.3, 0.4) is 0 Å². The van der Waals surface area contributed by atoms with E-state index in [-0.39, 0.29) is 18.0 Å². The van der Waals surface area contributed by atoms with Crippen molar-refractivity contribution < 1.29 is 13.6 Å². The zero-order valence-electron chi connectivity index (χ0n) is 9.04. The molecule has 0 aliphatic rings. The van der Waals surface area contributed by atoms with E-state index in [9.17, 15) is 13.6 Å². The first kappa shape index (κ1) is 13.4. The highest BCUT2D eigenvalue weighted by Crippen LogP contribution is 2.16. The highest BCUT2D eigenvalue weighted by molar-refractivity contribution is 14.1. The highest BCUT2D eigenvalue weighted by atomic mass is 127. The fraction of sp³-hybridized carbons (Fsp3) is 0.0833. The second-order valence-corrected chi connectivity index (χ2v) is 6.36. The standard InChI is InChI=1S/C12H8F2INOS/c13-9-2-1-7(10(14)4-9)5-16-12(17)8-3-11(15)18-6-8/h1-4,6H,5H2,(H,16,17). The Morgan fingerprint density at radius 1 is 1.33 bits per heavy atom. The molecule has 0 bridgehead atoms. The molecule has 2 aromatic rings. The van der Waals surface area contributed by atoms with E-state index in [0.717, 1.165) is 15.0 Å². The molecule has 2 rings (SSSR count). The third kappa shape index (κ3) is 3.26. The molecule has 1 heterocycles. The minimum Gasteiger partial charge on any atom is -0.348 e. The fourth-order valence-electron chi connectivity index (χ4n) is 1.37. The quantitative estimate of drug-likeness (QED) is 0.812. The summed E-state index contributed by atoms with van der Waals surface area (Å²) in [5, 5.41) is 4.33. The molecule has 2 nitrogen and oxygen atoms in total. The molecule has 1 aromatic carbocycles. The predicted molar refractivity (Wildman–Crippen MR) is 74.6 cm³/mol. The van der Waals surface area contributed by atoms with Gasteiger partial charge in [0.2, 0.25) is 0 Å². The van der Waals surface area contributed by atoms with Crippen molar-refractivity contribution in [1.29, 1.82) is 0 Å². The predicted octanol–water partition coefficient (Wildman–Crippen LogP) is 3.56. The smallest absolute Gasteiger partial charge is 0.252 e. The lowest BCUT2D eigenvalue weighted by Gasteiger charge is -2.05. The molecule has 0 saturated carbocycles. The number of rotatable bonds is 3. The zero-order valence-corrected chi connectivity index (χ0v) is 12.0. The fourth-order valence-corrected chi connectivity index (χ4v) is 2.70. The number of amides is 1. The Hall–Kier alpha value is -1.02. The second-order valence-electron chi connectivity index (χ2n) is 3.56. The SMILES string of the molecule is O=C(NCc1ccc(F)cc1F)c1csc(I)c1. The number of hydrogen-bond donors (Lipinski definition) is 1. The third-order valence-corrected chi connectivity index (χ3v) is 4.07. The van der Waals surface area contributed by atoms with Crippen molar-refractivity contribution in [2.24, 2.45) is 0 Å². The van der Waals surface area contributed by atoms with E-state index < -0.39 is 11.6 Å². The molecule has 18 heavy (non-hydrogen) atoms. The average molecular weight is 379 g/mol. The van der Waals surface area contributed by atoms with Gasteiger partial charge in [-0.15, -0.1) is 11.3 Å². The summed E-state index contributed by atoms with van der Waals surface area (Å²) in [5.74, 6) is -1.55. The van der Waals surface area contributed by atoms with Crippen LogP contribution in [0.15, 0.2) is 29.6 Å². The number of carbonyl (C=O) groups excluding carboxylic acids is 1. The van der Waals surface area contributed by atoms with E-state index in [1.54, 1.807) is 11.4 Å². The lowest BCUT2D eigenvalue weighted by molar-refractivity contribution is 0.0951. The number of halogens is 3. The van der Waals surface area contributed by atoms with Gasteiger partial charge in [0.05, 0.1) is 8.45 Å². The van der Waals surface area contributed by atoms with E-state index in [1.165, 1.54) is 17.4 Å². The van der Waals surface area contributed by atoms with E-state index in [0.29, 0.717) is 5.56 Å². The van der Waals surface area contributed by atoms with Gasteiger partial charge < -0.3 is 5.32 Å². The van der Waals surface area contributed by atoms with E-state index >= 15 is 0 Å². The summed E-state index contributed by atoms with van der Waals surface area (Å²) in [6.07, 6.45) is 0. The molecule has 0 aliphatic heterocycles. The largest absolute Gasteiger partial charge is 0.348 e. The summed E-state index contributed by atoms with van der Waals surface area (Å²) >= 11 is 3.58. The van der Waals surface area contributed by atoms with Crippen molar-refractivity contribution in [2.75, 3.05) is 0 Å². The topological polar surface area (TPSA) is 29.1 Å². The Bertz CT molecular complexity index is 585. The molecule has 1 amide bonds. The molecule has 6 heteroatoms. The molecule has 0 spiro atoms. The van der Waals surface area contributed by atoms with Gasteiger partial charge >= 0.3 is 0 Å². The molecule has 0 unspecified atom stereocenters. The first-order chi connectivity index (χ1) is 8.56. The number of carbonyl (C=O) groups is 1. The van der Waals surface area contributed by atoms with Crippen molar-refractivity contribution in [1.82, 2.24) is 5.32 Å². The summed E-state index contributed by atoms with van der Waals surface area (Å²) in [4.78, 5) is 11.7. The van der Waals surface area contributed by atoms with Gasteiger partial charge in [0.1, 0.15) is 11.6 Å². The van der Waals surface area contributed by atoms with Crippen LogP contribution < -0.4 is 5.32 Å². The van der Waals surface area contributed by atoms with Gasteiger partial charge in [-0.05, 0) is 34.7 Å². The van der Waals surface area contributed by atoms with Crippen LogP contribution >= 0.6 is 33.9 Å². The van der Waals surface area contributed by atoms with Crippen LogP contribution in [-0.2, 0) is 6.54 Å². The van der Waals surface area contributed by atoms with Crippen LogP contribution in [0.2, 0.25) is 0 Å². The van der Waals surface area contributed by atoms with E-state index in [2.05, 4.69) is 27.9 Å². The van der Waals surface area contributed by atoms with Gasteiger partial charge in [-0.2, -0.15) is 0 Å². The normalized spacial score (nSPS) is 10.4. The number of nitrogens with one attached hydrogen (secondary N) is 1. The van der Waals surface area contributed by atoms with E-state index in [4.69, 9.17) is 0 Å². The van der Waals surface area contributed by atoms with Crippen LogP contribution in [0.25, 0.3) is 0 Å². The lowest BCUT2D eigenvalue weighted by Crippen LogP contribution is -2.22. The minimum absolute atomic E-state index is 0.0391. The summed E-state index contributed by atoms with van der Waals surface area (Å²) < 4.78 is 27.0. The molecule has 0 aliphatic carbocycles. The molecular weight excluding hydrogens is 371 g/mol. The number of thiophene rings is 1. The maximum Gasteiger partial charge on any atom is 0.252 e. The summed E-state index contributed by atoms with van der Waals surface area (Å²) in [7, 11) is 0. The molecular formula is C12H8F2INOS. The first-order valence-corrected chi connectivity index (χ1v) is 6.98. The summed E-state index contributed by atoms with van der Waals surface area (Å²) in [6.45, 7) is 0.0391. The van der Waals surface area contributed by atoms with Crippen LogP contribution in [0, 0.1) is 14.5 Å². The molecule has 0 radical (unpaired) electrons. The Kier molecular flexibility index (Phi) is 4.28. The van der Waals surface area contributed by atoms with Crippen molar-refractivity contribution >= 4 is 39.8 Å². The molecule has 0 atom stereocenters. The minimum atomic E-state index is -0.657. The zero-order chi connectivity index (χ0) is 13.1. The third-order valence-electron chi connectivity index (χ3n) is 2.28. The highest BCUT2D eigenvalue weighted by Gasteiger charge is 2.09. The van der Waals surface area contributed by atoms with Crippen LogP contribution in [0.5, 0.6) is 0 Å². The lowest BCUT2D eigenvalue weighted by atomic mass is 10.2. The molecule has 0 fully saturated rings. The maximum absolute atomic E-state index is 13.3. The molecule has 1 aromatic heterocycles. The van der Waals surface area contributed by atoms with E-state index in [1.807, 2.05) is 0 Å². The Balaban J connectivity index is 2.01. The Labute approximate surface area is 120 Å². The van der Waals surface area contributed by atoms with Crippen LogP contribution in [0.1, 0.15) is 15.9 Å². The molecule has 0 saturated heterocycles. The van der Waals surface area contributed by atoms with Crippen molar-refractivity contribution in [3.8, 4) is 0 Å². The molecule has 1 N–H and O–H groups in total. The van der Waals surface area contributed by atoms with Crippen molar-refractivity contribution in [3.05, 3.63) is 55.3 Å². The molecule has 94 valence electrons. The maximum atomic E-state index is 13.3. The van der Waals surface area contributed by atoms with Gasteiger partial charge in [0.15, 0.2) is 0 Å². The van der Waals surface area contributed by atoms with Gasteiger partial charge in [-0.3, -0.25) is 4.79 Å². The average Bonchev–Trinajstić information content (AvgIpc) is 2.74. The van der Waals surface area contributed by atoms with Gasteiger partial charge in [0.25, 0.3) is 5.91 Å². The monoisotopic (exact) mass is 379 g/mol. The van der Waals surface area contributed by atoms with Crippen LogP contribution in [0.4, 0.5) is 8.78 Å². The van der Waals surface area contributed by atoms with Crippen molar-refractivity contribution in [2.45, 2.75) is 6.54 Å². The summed E-state index contributed by atoms with van der Waals surface area (Å²) in [6, 6.07) is 5.04. The van der Waals surface area contributed by atoms with Gasteiger partial charge in [-0.1, -0.05) is 6.07 Å². The van der Waals surface area contributed by atoms with Gasteiger partial charge in [-0.25, -0.2) is 8.78 Å². The van der Waals surface area contributed by atoms with Crippen molar-refractivity contribution in [3.63, 3.8) is 0 Å². The second kappa shape index (κ2) is 5.75. The Morgan fingerprint density at radius 2 is 2.11 bits per heavy atom. The van der Waals surface area contributed by atoms with Gasteiger partial charge in [0, 0.05) is 23.6 Å². The first-order valence-electron chi connectivity index (χ1n) is 5.02. The number of hydrogen-bond acceptors (Lipinski definition) is 2. The Morgan fingerprint density at radius 3 is 2.72 bits per heavy atom. The summed E-state index contributed by atoms with van der Waals surface area (Å²) in [5.41, 5.74) is 0.807. The van der Waals surface area contributed by atoms with Crippen LogP contribution in [-0.4, -0.2) is 5.91 Å². The number of benzene rings is 1.